The largest absolute Gasteiger partial charge is 0.339 e. The Labute approximate surface area is 157 Å². The molecule has 0 aliphatic carbocycles. The van der Waals surface area contributed by atoms with E-state index in [0.717, 1.165) is 34.6 Å². The number of hydrogen-bond acceptors (Lipinski definition) is 6. The van der Waals surface area contributed by atoms with Crippen molar-refractivity contribution in [2.75, 3.05) is 0 Å². The molecule has 1 aromatic carbocycles. The lowest BCUT2D eigenvalue weighted by atomic mass is 10.1. The number of benzene rings is 1. The zero-order chi connectivity index (χ0) is 18.8. The molecular formula is C20H21N5O2. The van der Waals surface area contributed by atoms with Gasteiger partial charge in [0.05, 0.1) is 12.2 Å². The topological polar surface area (TPSA) is 85.0 Å². The Morgan fingerprint density at radius 2 is 2.07 bits per heavy atom. The van der Waals surface area contributed by atoms with Crippen LogP contribution < -0.4 is 0 Å². The first-order valence-corrected chi connectivity index (χ1v) is 9.14. The molecule has 0 spiro atoms. The van der Waals surface area contributed by atoms with Crippen LogP contribution in [0.4, 0.5) is 0 Å². The molecule has 1 aliphatic rings. The van der Waals surface area contributed by atoms with E-state index in [4.69, 9.17) is 4.52 Å². The Morgan fingerprint density at radius 3 is 2.89 bits per heavy atom. The number of nitrogens with zero attached hydrogens (tertiary/aromatic N) is 5. The maximum atomic E-state index is 12.6. The molecule has 1 amide bonds. The molecule has 1 aliphatic heterocycles. The van der Waals surface area contributed by atoms with Crippen molar-refractivity contribution in [1.82, 2.24) is 25.0 Å². The fourth-order valence-corrected chi connectivity index (χ4v) is 3.20. The molecule has 0 N–H and O–H groups in total. The number of aryl methyl sites for hydroxylation is 3. The molecule has 0 fully saturated rings. The first-order chi connectivity index (χ1) is 13.1. The molecule has 3 heterocycles. The molecule has 0 bridgehead atoms. The summed E-state index contributed by atoms with van der Waals surface area (Å²) in [6.07, 6.45) is 3.39. The van der Waals surface area contributed by atoms with Crippen molar-refractivity contribution in [2.24, 2.45) is 0 Å². The monoisotopic (exact) mass is 363 g/mol. The summed E-state index contributed by atoms with van der Waals surface area (Å²) in [5.74, 6) is 1.91. The van der Waals surface area contributed by atoms with Crippen LogP contribution >= 0.6 is 0 Å². The van der Waals surface area contributed by atoms with Crippen LogP contribution in [0.3, 0.4) is 0 Å². The molecule has 0 saturated carbocycles. The van der Waals surface area contributed by atoms with Crippen molar-refractivity contribution in [3.8, 4) is 11.4 Å². The van der Waals surface area contributed by atoms with E-state index in [1.54, 1.807) is 4.90 Å². The quantitative estimate of drug-likeness (QED) is 0.693. The van der Waals surface area contributed by atoms with Crippen LogP contribution in [0, 0.1) is 6.92 Å². The van der Waals surface area contributed by atoms with Crippen molar-refractivity contribution < 1.29 is 9.32 Å². The average molecular weight is 363 g/mol. The summed E-state index contributed by atoms with van der Waals surface area (Å²) in [6, 6.07) is 7.88. The predicted molar refractivity (Wildman–Crippen MR) is 98.5 cm³/mol. The first-order valence-electron chi connectivity index (χ1n) is 9.14. The Hall–Kier alpha value is -3.09. The highest BCUT2D eigenvalue weighted by Gasteiger charge is 2.25. The molecule has 4 rings (SSSR count). The van der Waals surface area contributed by atoms with Crippen molar-refractivity contribution in [3.63, 3.8) is 0 Å². The van der Waals surface area contributed by atoms with Gasteiger partial charge in [0, 0.05) is 43.1 Å². The number of rotatable bonds is 5. The fourth-order valence-electron chi connectivity index (χ4n) is 3.20. The van der Waals surface area contributed by atoms with E-state index < -0.39 is 0 Å². The van der Waals surface area contributed by atoms with Crippen LogP contribution in [0.15, 0.2) is 35.0 Å². The summed E-state index contributed by atoms with van der Waals surface area (Å²) in [4.78, 5) is 27.6. The van der Waals surface area contributed by atoms with E-state index in [1.165, 1.54) is 0 Å². The van der Waals surface area contributed by atoms with Crippen molar-refractivity contribution in [1.29, 1.82) is 0 Å². The maximum Gasteiger partial charge on any atom is 0.227 e. The number of aromatic nitrogens is 4. The van der Waals surface area contributed by atoms with Crippen LogP contribution in [0.5, 0.6) is 0 Å². The van der Waals surface area contributed by atoms with Gasteiger partial charge in [-0.3, -0.25) is 4.79 Å². The molecule has 0 atom stereocenters. The van der Waals surface area contributed by atoms with E-state index in [9.17, 15) is 4.79 Å². The molecular weight excluding hydrogens is 342 g/mol. The predicted octanol–water partition coefficient (Wildman–Crippen LogP) is 2.87. The van der Waals surface area contributed by atoms with Crippen molar-refractivity contribution in [2.45, 2.75) is 46.2 Å². The van der Waals surface area contributed by atoms with Gasteiger partial charge in [0.1, 0.15) is 5.82 Å². The van der Waals surface area contributed by atoms with Crippen molar-refractivity contribution >= 4 is 5.91 Å². The normalized spacial score (nSPS) is 13.0. The highest BCUT2D eigenvalue weighted by Crippen LogP contribution is 2.23. The second-order valence-corrected chi connectivity index (χ2v) is 6.69. The number of hydrogen-bond donors (Lipinski definition) is 0. The smallest absolute Gasteiger partial charge is 0.227 e. The lowest BCUT2D eigenvalue weighted by molar-refractivity contribution is -0.131. The van der Waals surface area contributed by atoms with Gasteiger partial charge >= 0.3 is 0 Å². The van der Waals surface area contributed by atoms with Crippen LogP contribution in [-0.4, -0.2) is 30.9 Å². The first kappa shape index (κ1) is 17.3. The fraction of sp³-hybridized carbons (Fsp3) is 0.350. The average Bonchev–Trinajstić information content (AvgIpc) is 3.32. The summed E-state index contributed by atoms with van der Waals surface area (Å²) in [5.41, 5.74) is 4.01. The Kier molecular flexibility index (Phi) is 4.66. The summed E-state index contributed by atoms with van der Waals surface area (Å²) in [5, 5.41) is 4.04. The molecule has 27 heavy (non-hydrogen) atoms. The zero-order valence-corrected chi connectivity index (χ0v) is 15.5. The molecule has 0 unspecified atom stereocenters. The van der Waals surface area contributed by atoms with Gasteiger partial charge in [-0.1, -0.05) is 36.3 Å². The van der Waals surface area contributed by atoms with Gasteiger partial charge in [-0.2, -0.15) is 4.98 Å². The third kappa shape index (κ3) is 3.58. The maximum absolute atomic E-state index is 12.6. The minimum atomic E-state index is 0.0571. The van der Waals surface area contributed by atoms with E-state index in [-0.39, 0.29) is 5.91 Å². The van der Waals surface area contributed by atoms with E-state index in [0.29, 0.717) is 37.6 Å². The summed E-state index contributed by atoms with van der Waals surface area (Å²) < 4.78 is 5.33. The number of carbonyl (C=O) groups excluding carboxylic acids is 1. The van der Waals surface area contributed by atoms with Crippen LogP contribution in [0.25, 0.3) is 11.4 Å². The molecule has 0 saturated heterocycles. The minimum Gasteiger partial charge on any atom is -0.339 e. The minimum absolute atomic E-state index is 0.0571. The molecule has 3 aromatic rings. The van der Waals surface area contributed by atoms with Gasteiger partial charge in [-0.05, 0) is 12.5 Å². The Bertz CT molecular complexity index is 982. The molecule has 7 nitrogen and oxygen atoms in total. The number of amides is 1. The number of carbonyl (C=O) groups is 1. The van der Waals surface area contributed by atoms with Crippen LogP contribution in [0.2, 0.25) is 0 Å². The van der Waals surface area contributed by atoms with Crippen molar-refractivity contribution in [3.05, 3.63) is 59.0 Å². The third-order valence-corrected chi connectivity index (χ3v) is 4.78. The molecule has 0 radical (unpaired) electrons. The molecule has 2 aromatic heterocycles. The van der Waals surface area contributed by atoms with Gasteiger partial charge in [-0.25, -0.2) is 9.97 Å². The summed E-state index contributed by atoms with van der Waals surface area (Å²) in [6.45, 7) is 5.14. The third-order valence-electron chi connectivity index (χ3n) is 4.78. The zero-order valence-electron chi connectivity index (χ0n) is 15.5. The number of fused-ring (bicyclic) bond motifs is 1. The second-order valence-electron chi connectivity index (χ2n) is 6.69. The SMILES string of the molecule is CCc1ncc2c(n1)CN(C(=O)CCc1nc(-c3ccccc3C)no1)C2. The summed E-state index contributed by atoms with van der Waals surface area (Å²) in [7, 11) is 0. The highest BCUT2D eigenvalue weighted by molar-refractivity contribution is 5.77. The lowest BCUT2D eigenvalue weighted by Crippen LogP contribution is -2.25. The van der Waals surface area contributed by atoms with E-state index in [2.05, 4.69) is 20.1 Å². The van der Waals surface area contributed by atoms with E-state index in [1.807, 2.05) is 44.3 Å². The van der Waals surface area contributed by atoms with Gasteiger partial charge in [0.25, 0.3) is 0 Å². The van der Waals surface area contributed by atoms with Crippen LogP contribution in [-0.2, 0) is 30.7 Å². The molecule has 7 heteroatoms. The van der Waals surface area contributed by atoms with Gasteiger partial charge in [0.15, 0.2) is 0 Å². The Morgan fingerprint density at radius 1 is 1.22 bits per heavy atom. The lowest BCUT2D eigenvalue weighted by Gasteiger charge is -2.14. The van der Waals surface area contributed by atoms with Gasteiger partial charge in [0.2, 0.25) is 17.6 Å². The van der Waals surface area contributed by atoms with Crippen LogP contribution in [0.1, 0.15) is 41.9 Å². The highest BCUT2D eigenvalue weighted by atomic mass is 16.5. The standard InChI is InChI=1S/C20H21N5O2/c1-3-17-21-10-14-11-25(12-16(14)22-17)19(26)9-8-18-23-20(24-27-18)15-7-5-4-6-13(15)2/h4-7,10H,3,8-9,11-12H2,1-2H3. The van der Waals surface area contributed by atoms with Gasteiger partial charge < -0.3 is 9.42 Å². The van der Waals surface area contributed by atoms with Gasteiger partial charge in [-0.15, -0.1) is 0 Å². The Balaban J connectivity index is 1.37. The summed E-state index contributed by atoms with van der Waals surface area (Å²) >= 11 is 0. The second kappa shape index (κ2) is 7.26. The van der Waals surface area contributed by atoms with E-state index >= 15 is 0 Å². The molecule has 138 valence electrons.